The molecule has 0 saturated carbocycles. The van der Waals surface area contributed by atoms with Gasteiger partial charge in [0.05, 0.1) is 33.5 Å². The molecule has 2 aliphatic rings. The molecule has 3 heteroatoms. The van der Waals surface area contributed by atoms with Crippen LogP contribution < -0.4 is 0 Å². The molecule has 3 nitrogen and oxygen atoms in total. The van der Waals surface area contributed by atoms with Gasteiger partial charge in [-0.2, -0.15) is 0 Å². The molecule has 0 aliphatic heterocycles. The molecule has 83 heavy (non-hydrogen) atoms. The summed E-state index contributed by atoms with van der Waals surface area (Å²) < 4.78 is 12.1. The summed E-state index contributed by atoms with van der Waals surface area (Å²) in [6, 6.07) is 69.9. The van der Waals surface area contributed by atoms with E-state index in [4.69, 9.17) is 4.42 Å². The molecule has 2 aliphatic carbocycles. The van der Waals surface area contributed by atoms with Crippen LogP contribution in [0.2, 0.25) is 0 Å². The SMILES string of the molecule is CC(C)(C)c1ccc2c(c1)c1cc(C(C)(C)C)ccc1n2C1=C2C=CC=CC2C(c2ccc3oc4cc(-c5c6ccccc6c(-n6c7ccc(C(C)(C)C)cc7c7cc(C(C)(C)C)ccc76)c6ccccc56)ccc4c3c2)c2ccccc21. The van der Waals surface area contributed by atoms with Crippen LogP contribution in [0, 0.1) is 5.92 Å². The van der Waals surface area contributed by atoms with Gasteiger partial charge in [-0.1, -0.05) is 217 Å². The monoisotopic (exact) mass is 1080 g/mol. The number of allylic oxidation sites excluding steroid dienone is 5. The first-order chi connectivity index (χ1) is 39.7. The summed E-state index contributed by atoms with van der Waals surface area (Å²) in [5.41, 5.74) is 22.2. The second kappa shape index (κ2) is 17.9. The first-order valence-electron chi connectivity index (χ1n) is 30.0. The van der Waals surface area contributed by atoms with E-state index in [-0.39, 0.29) is 33.5 Å². The summed E-state index contributed by atoms with van der Waals surface area (Å²) in [5.74, 6) is 0.191. The zero-order chi connectivity index (χ0) is 57.2. The predicted molar refractivity (Wildman–Crippen MR) is 355 cm³/mol. The molecule has 0 N–H and O–H groups in total. The van der Waals surface area contributed by atoms with E-state index >= 15 is 0 Å². The Morgan fingerprint density at radius 3 is 1.37 bits per heavy atom. The lowest BCUT2D eigenvalue weighted by Gasteiger charge is -2.37. The number of hydrogen-bond acceptors (Lipinski definition) is 1. The van der Waals surface area contributed by atoms with Crippen molar-refractivity contribution in [1.82, 2.24) is 9.13 Å². The molecular formula is C80H72N2O. The fourth-order valence-corrected chi connectivity index (χ4v) is 14.3. The average Bonchev–Trinajstić information content (AvgIpc) is 2.08. The highest BCUT2D eigenvalue weighted by Crippen LogP contribution is 2.53. The first kappa shape index (κ1) is 51.2. The van der Waals surface area contributed by atoms with Gasteiger partial charge >= 0.3 is 0 Å². The van der Waals surface area contributed by atoms with Gasteiger partial charge in [0.15, 0.2) is 0 Å². The lowest BCUT2D eigenvalue weighted by Crippen LogP contribution is -2.24. The average molecular weight is 1080 g/mol. The van der Waals surface area contributed by atoms with Gasteiger partial charge in [-0.3, -0.25) is 0 Å². The number of rotatable bonds is 4. The fourth-order valence-electron chi connectivity index (χ4n) is 14.3. The Hall–Kier alpha value is -8.66. The summed E-state index contributed by atoms with van der Waals surface area (Å²) in [6.45, 7) is 27.8. The Balaban J connectivity index is 0.880. The van der Waals surface area contributed by atoms with Crippen molar-refractivity contribution in [3.05, 3.63) is 251 Å². The second-order valence-electron chi connectivity index (χ2n) is 28.1. The number of nitrogens with zero attached hydrogens (tertiary/aromatic N) is 2. The predicted octanol–water partition coefficient (Wildman–Crippen LogP) is 22.1. The van der Waals surface area contributed by atoms with E-state index in [1.54, 1.807) is 0 Å². The standard InChI is InChI=1S/C80H72N2O/c1-77(2,3)49-31-36-67-62(43-49)63-44-50(78(4,5)6)32-37-68(63)81(67)75-58-25-17-13-21-54(58)73(55-22-14-18-26-59(55)75)47-30-40-71-66(41-47)53-35-29-48(42-72(53)83-71)74-56-23-15-19-27-60(56)76(61-28-20-16-24-57(61)74)82-69-38-33-51(79(7,8)9)45-64(69)65-46-52(80(10,11)12)34-39-70(65)82/h13-46,54,73H,1-12H3. The van der Waals surface area contributed by atoms with Gasteiger partial charge in [0.25, 0.3) is 0 Å². The van der Waals surface area contributed by atoms with Crippen molar-refractivity contribution in [1.29, 1.82) is 0 Å². The Kier molecular flexibility index (Phi) is 11.1. The largest absolute Gasteiger partial charge is 0.456 e. The Morgan fingerprint density at radius 2 is 0.855 bits per heavy atom. The molecule has 10 aromatic carbocycles. The normalized spacial score (nSPS) is 16.0. The lowest BCUT2D eigenvalue weighted by atomic mass is 9.69. The minimum absolute atomic E-state index is 0.0117. The van der Waals surface area contributed by atoms with Gasteiger partial charge in [-0.15, -0.1) is 0 Å². The topological polar surface area (TPSA) is 23.0 Å². The van der Waals surface area contributed by atoms with E-state index in [0.29, 0.717) is 0 Å². The van der Waals surface area contributed by atoms with Crippen molar-refractivity contribution in [2.75, 3.05) is 0 Å². The molecule has 2 unspecified atom stereocenters. The molecule has 3 aromatic heterocycles. The van der Waals surface area contributed by atoms with Gasteiger partial charge in [-0.05, 0) is 155 Å². The molecule has 0 amide bonds. The molecule has 15 rings (SSSR count). The molecule has 3 heterocycles. The summed E-state index contributed by atoms with van der Waals surface area (Å²) in [4.78, 5) is 0. The zero-order valence-corrected chi connectivity index (χ0v) is 50.1. The minimum atomic E-state index is 0.0117. The van der Waals surface area contributed by atoms with E-state index in [1.807, 2.05) is 0 Å². The third kappa shape index (κ3) is 7.90. The second-order valence-corrected chi connectivity index (χ2v) is 28.1. The van der Waals surface area contributed by atoms with Crippen LogP contribution in [0.25, 0.3) is 110 Å². The smallest absolute Gasteiger partial charge is 0.136 e. The third-order valence-electron chi connectivity index (χ3n) is 18.7. The maximum Gasteiger partial charge on any atom is 0.136 e. The van der Waals surface area contributed by atoms with E-state index in [0.717, 1.165) is 27.5 Å². The number of fused-ring (bicyclic) bond motifs is 13. The molecule has 13 aromatic rings. The van der Waals surface area contributed by atoms with Crippen molar-refractivity contribution in [2.45, 2.75) is 111 Å². The molecule has 2 atom stereocenters. The molecule has 408 valence electrons. The molecule has 0 radical (unpaired) electrons. The van der Waals surface area contributed by atoms with Crippen molar-refractivity contribution >= 4 is 92.8 Å². The molecule has 0 saturated heterocycles. The van der Waals surface area contributed by atoms with Crippen LogP contribution in [0.1, 0.15) is 128 Å². The fraction of sp³-hybridized carbons (Fsp3) is 0.225. The van der Waals surface area contributed by atoms with Crippen LogP contribution in [-0.4, -0.2) is 9.13 Å². The van der Waals surface area contributed by atoms with Crippen LogP contribution in [-0.2, 0) is 21.7 Å². The molecule has 0 fully saturated rings. The maximum atomic E-state index is 6.97. The van der Waals surface area contributed by atoms with Gasteiger partial charge in [0.2, 0.25) is 0 Å². The lowest BCUT2D eigenvalue weighted by molar-refractivity contribution is 0.590. The van der Waals surface area contributed by atoms with Gasteiger partial charge in [-0.25, -0.2) is 0 Å². The summed E-state index contributed by atoms with van der Waals surface area (Å²) >= 11 is 0. The number of aromatic nitrogens is 2. The van der Waals surface area contributed by atoms with E-state index < -0.39 is 0 Å². The van der Waals surface area contributed by atoms with Crippen LogP contribution in [0.5, 0.6) is 0 Å². The minimum Gasteiger partial charge on any atom is -0.456 e. The van der Waals surface area contributed by atoms with Gasteiger partial charge in [0, 0.05) is 60.5 Å². The number of hydrogen-bond donors (Lipinski definition) is 0. The van der Waals surface area contributed by atoms with E-state index in [1.165, 1.54) is 127 Å². The zero-order valence-electron chi connectivity index (χ0n) is 50.1. The van der Waals surface area contributed by atoms with Crippen LogP contribution in [0.3, 0.4) is 0 Å². The summed E-state index contributed by atoms with van der Waals surface area (Å²) in [7, 11) is 0. The van der Waals surface area contributed by atoms with Crippen molar-refractivity contribution in [2.24, 2.45) is 5.92 Å². The highest BCUT2D eigenvalue weighted by Gasteiger charge is 2.37. The Bertz CT molecular complexity index is 4810. The highest BCUT2D eigenvalue weighted by molar-refractivity contribution is 6.22. The highest BCUT2D eigenvalue weighted by atomic mass is 16.3. The van der Waals surface area contributed by atoms with Crippen LogP contribution in [0.15, 0.2) is 216 Å². The van der Waals surface area contributed by atoms with Crippen LogP contribution >= 0.6 is 0 Å². The molecule has 0 spiro atoms. The molecular weight excluding hydrogens is 1000 g/mol. The van der Waals surface area contributed by atoms with Crippen molar-refractivity contribution in [3.8, 4) is 16.8 Å². The van der Waals surface area contributed by atoms with Gasteiger partial charge in [0.1, 0.15) is 11.2 Å². The van der Waals surface area contributed by atoms with E-state index in [2.05, 4.69) is 299 Å². The third-order valence-corrected chi connectivity index (χ3v) is 18.7. The Labute approximate surface area is 487 Å². The number of furan rings is 1. The van der Waals surface area contributed by atoms with Crippen LogP contribution in [0.4, 0.5) is 0 Å². The first-order valence-corrected chi connectivity index (χ1v) is 30.0. The Morgan fingerprint density at radius 1 is 0.373 bits per heavy atom. The number of benzene rings is 10. The van der Waals surface area contributed by atoms with E-state index in [9.17, 15) is 0 Å². The van der Waals surface area contributed by atoms with Gasteiger partial charge < -0.3 is 13.6 Å². The summed E-state index contributed by atoms with van der Waals surface area (Å²) in [5, 5.41) is 12.3. The van der Waals surface area contributed by atoms with Crippen molar-refractivity contribution in [3.63, 3.8) is 0 Å². The van der Waals surface area contributed by atoms with Crippen molar-refractivity contribution < 1.29 is 4.42 Å². The summed E-state index contributed by atoms with van der Waals surface area (Å²) in [6.07, 6.45) is 9.32. The quantitative estimate of drug-likeness (QED) is 0.161. The maximum absolute atomic E-state index is 6.97. The molecule has 0 bridgehead atoms.